The second-order valence-corrected chi connectivity index (χ2v) is 8.62. The van der Waals surface area contributed by atoms with Gasteiger partial charge in [0.25, 0.3) is 0 Å². The third kappa shape index (κ3) is 3.25. The van der Waals surface area contributed by atoms with Gasteiger partial charge in [-0.1, -0.05) is 29.8 Å². The van der Waals surface area contributed by atoms with E-state index in [1.807, 2.05) is 43.6 Å². The van der Waals surface area contributed by atoms with Crippen molar-refractivity contribution >= 4 is 21.1 Å². The summed E-state index contributed by atoms with van der Waals surface area (Å²) in [4.78, 5) is 7.05. The number of imidazole rings is 1. The molecule has 0 aliphatic carbocycles. The molecule has 1 saturated heterocycles. The molecule has 0 atom stereocenters. The number of sulfonamides is 1. The molecular formula is C19H22N4O2S. The van der Waals surface area contributed by atoms with Crippen LogP contribution in [0.3, 0.4) is 0 Å². The molecule has 1 aromatic heterocycles. The summed E-state index contributed by atoms with van der Waals surface area (Å²) in [5.41, 5.74) is 3.14. The van der Waals surface area contributed by atoms with Crippen LogP contribution in [0.2, 0.25) is 0 Å². The number of aromatic nitrogens is 2. The summed E-state index contributed by atoms with van der Waals surface area (Å²) in [6.07, 6.45) is 1.85. The van der Waals surface area contributed by atoms with Gasteiger partial charge in [-0.25, -0.2) is 13.4 Å². The van der Waals surface area contributed by atoms with Crippen LogP contribution in [0.25, 0.3) is 11.0 Å². The Morgan fingerprint density at radius 2 is 1.65 bits per heavy atom. The summed E-state index contributed by atoms with van der Waals surface area (Å²) in [7, 11) is -3.41. The van der Waals surface area contributed by atoms with Crippen molar-refractivity contribution in [1.29, 1.82) is 0 Å². The van der Waals surface area contributed by atoms with Crippen LogP contribution >= 0.6 is 0 Å². The van der Waals surface area contributed by atoms with Gasteiger partial charge in [0.15, 0.2) is 0 Å². The zero-order chi connectivity index (χ0) is 18.1. The molecule has 0 spiro atoms. The standard InChI is InChI=1S/C19H22N4O2S/c1-16-6-8-17(9-7-16)26(24,25)23-12-10-21(11-13-23)15-22-14-20-18-4-2-3-5-19(18)22/h2-9,14H,10-13,15H2,1H3. The van der Waals surface area contributed by atoms with E-state index in [0.29, 0.717) is 31.1 Å². The molecule has 4 rings (SSSR count). The molecule has 136 valence electrons. The second-order valence-electron chi connectivity index (χ2n) is 6.68. The molecule has 3 aromatic rings. The largest absolute Gasteiger partial charge is 0.317 e. The highest BCUT2D eigenvalue weighted by Gasteiger charge is 2.28. The number of piperazine rings is 1. The monoisotopic (exact) mass is 370 g/mol. The number of benzene rings is 2. The van der Waals surface area contributed by atoms with Crippen molar-refractivity contribution in [2.45, 2.75) is 18.5 Å². The molecule has 26 heavy (non-hydrogen) atoms. The molecule has 1 aliphatic heterocycles. The Labute approximate surface area is 153 Å². The molecule has 6 nitrogen and oxygen atoms in total. The van der Waals surface area contributed by atoms with Crippen molar-refractivity contribution < 1.29 is 8.42 Å². The summed E-state index contributed by atoms with van der Waals surface area (Å²) in [6, 6.07) is 15.1. The number of fused-ring (bicyclic) bond motifs is 1. The lowest BCUT2D eigenvalue weighted by molar-refractivity contribution is 0.154. The Balaban J connectivity index is 1.43. The van der Waals surface area contributed by atoms with Crippen LogP contribution in [0.1, 0.15) is 5.56 Å². The molecule has 0 unspecified atom stereocenters. The molecule has 0 bridgehead atoms. The first-order valence-corrected chi connectivity index (χ1v) is 10.2. The zero-order valence-corrected chi connectivity index (χ0v) is 15.6. The number of hydrogen-bond acceptors (Lipinski definition) is 4. The van der Waals surface area contributed by atoms with Crippen LogP contribution in [0.15, 0.2) is 59.8 Å². The van der Waals surface area contributed by atoms with Gasteiger partial charge in [-0.05, 0) is 31.2 Å². The highest BCUT2D eigenvalue weighted by molar-refractivity contribution is 7.89. The lowest BCUT2D eigenvalue weighted by Crippen LogP contribution is -2.48. The molecule has 2 heterocycles. The normalized spacial score (nSPS) is 17.0. The van der Waals surface area contributed by atoms with Crippen LogP contribution in [-0.2, 0) is 16.7 Å². The van der Waals surface area contributed by atoms with Gasteiger partial charge in [0, 0.05) is 26.2 Å². The van der Waals surface area contributed by atoms with Gasteiger partial charge in [-0.15, -0.1) is 0 Å². The predicted molar refractivity (Wildman–Crippen MR) is 101 cm³/mol. The summed E-state index contributed by atoms with van der Waals surface area (Å²) in [6.45, 7) is 5.09. The minimum atomic E-state index is -3.41. The Morgan fingerprint density at radius 3 is 2.38 bits per heavy atom. The van der Waals surface area contributed by atoms with E-state index in [-0.39, 0.29) is 0 Å². The molecule has 1 aliphatic rings. The maximum absolute atomic E-state index is 12.8. The van der Waals surface area contributed by atoms with E-state index in [4.69, 9.17) is 0 Å². The van der Waals surface area contributed by atoms with E-state index in [1.54, 1.807) is 16.4 Å². The van der Waals surface area contributed by atoms with E-state index in [0.717, 1.165) is 23.3 Å². The Morgan fingerprint density at radius 1 is 0.962 bits per heavy atom. The molecule has 0 N–H and O–H groups in total. The van der Waals surface area contributed by atoms with E-state index in [1.165, 1.54) is 0 Å². The second kappa shape index (κ2) is 6.83. The minimum absolute atomic E-state index is 0.372. The van der Waals surface area contributed by atoms with Gasteiger partial charge in [0.1, 0.15) is 0 Å². The highest BCUT2D eigenvalue weighted by Crippen LogP contribution is 2.19. The number of nitrogens with zero attached hydrogens (tertiary/aromatic N) is 4. The number of aryl methyl sites for hydroxylation is 1. The summed E-state index contributed by atoms with van der Waals surface area (Å²) >= 11 is 0. The SMILES string of the molecule is Cc1ccc(S(=O)(=O)N2CCN(Cn3cnc4ccccc43)CC2)cc1. The van der Waals surface area contributed by atoms with E-state index >= 15 is 0 Å². The first-order chi connectivity index (χ1) is 12.5. The van der Waals surface area contributed by atoms with Gasteiger partial charge in [-0.3, -0.25) is 4.90 Å². The minimum Gasteiger partial charge on any atom is -0.317 e. The van der Waals surface area contributed by atoms with E-state index < -0.39 is 10.0 Å². The Hall–Kier alpha value is -2.22. The number of rotatable bonds is 4. The quantitative estimate of drug-likeness (QED) is 0.707. The third-order valence-electron chi connectivity index (χ3n) is 4.87. The fourth-order valence-corrected chi connectivity index (χ4v) is 4.73. The highest BCUT2D eigenvalue weighted by atomic mass is 32.2. The lowest BCUT2D eigenvalue weighted by Gasteiger charge is -2.34. The third-order valence-corrected chi connectivity index (χ3v) is 6.78. The van der Waals surface area contributed by atoms with Crippen LogP contribution < -0.4 is 0 Å². The first kappa shape index (κ1) is 17.2. The molecule has 7 heteroatoms. The van der Waals surface area contributed by atoms with Gasteiger partial charge in [0.05, 0.1) is 28.9 Å². The zero-order valence-electron chi connectivity index (χ0n) is 14.7. The summed E-state index contributed by atoms with van der Waals surface area (Å²) in [5, 5.41) is 0. The maximum Gasteiger partial charge on any atom is 0.243 e. The van der Waals surface area contributed by atoms with Crippen molar-refractivity contribution in [3.8, 4) is 0 Å². The Bertz CT molecular complexity index is 1000. The van der Waals surface area contributed by atoms with Crippen molar-refractivity contribution in [2.24, 2.45) is 0 Å². The van der Waals surface area contributed by atoms with Crippen LogP contribution in [-0.4, -0.2) is 53.4 Å². The smallest absolute Gasteiger partial charge is 0.243 e. The van der Waals surface area contributed by atoms with E-state index in [2.05, 4.69) is 20.5 Å². The average Bonchev–Trinajstić information content (AvgIpc) is 3.06. The molecule has 1 fully saturated rings. The molecule has 0 amide bonds. The molecule has 0 radical (unpaired) electrons. The van der Waals surface area contributed by atoms with Crippen molar-refractivity contribution in [3.05, 3.63) is 60.4 Å². The summed E-state index contributed by atoms with van der Waals surface area (Å²) < 4.78 is 29.3. The topological polar surface area (TPSA) is 58.4 Å². The molecular weight excluding hydrogens is 348 g/mol. The van der Waals surface area contributed by atoms with Crippen molar-refractivity contribution in [3.63, 3.8) is 0 Å². The molecule has 0 saturated carbocycles. The van der Waals surface area contributed by atoms with Crippen LogP contribution in [0.5, 0.6) is 0 Å². The Kier molecular flexibility index (Phi) is 4.52. The van der Waals surface area contributed by atoms with Gasteiger partial charge in [0.2, 0.25) is 10.0 Å². The summed E-state index contributed by atoms with van der Waals surface area (Å²) in [5.74, 6) is 0. The first-order valence-electron chi connectivity index (χ1n) is 8.73. The number of hydrogen-bond donors (Lipinski definition) is 0. The van der Waals surface area contributed by atoms with Crippen molar-refractivity contribution in [2.75, 3.05) is 26.2 Å². The van der Waals surface area contributed by atoms with Crippen molar-refractivity contribution in [1.82, 2.24) is 18.8 Å². The van der Waals surface area contributed by atoms with Gasteiger partial charge in [-0.2, -0.15) is 4.31 Å². The van der Waals surface area contributed by atoms with Crippen LogP contribution in [0.4, 0.5) is 0 Å². The van der Waals surface area contributed by atoms with Gasteiger partial charge >= 0.3 is 0 Å². The molecule has 2 aromatic carbocycles. The average molecular weight is 370 g/mol. The number of para-hydroxylation sites is 2. The maximum atomic E-state index is 12.8. The van der Waals surface area contributed by atoms with Gasteiger partial charge < -0.3 is 4.57 Å². The van der Waals surface area contributed by atoms with Crippen LogP contribution in [0, 0.1) is 6.92 Å². The van der Waals surface area contributed by atoms with E-state index in [9.17, 15) is 8.42 Å². The fourth-order valence-electron chi connectivity index (χ4n) is 3.31. The fraction of sp³-hybridized carbons (Fsp3) is 0.316. The predicted octanol–water partition coefficient (Wildman–Crippen LogP) is 2.31. The lowest BCUT2D eigenvalue weighted by atomic mass is 10.2.